The lowest BCUT2D eigenvalue weighted by Crippen LogP contribution is -2.30. The number of fused-ring (bicyclic) bond motifs is 1. The van der Waals surface area contributed by atoms with Crippen molar-refractivity contribution in [2.24, 2.45) is 0 Å². The Morgan fingerprint density at radius 3 is 2.28 bits per heavy atom. The first-order chi connectivity index (χ1) is 12.1. The summed E-state index contributed by atoms with van der Waals surface area (Å²) in [5.74, 6) is -0.584. The highest BCUT2D eigenvalue weighted by molar-refractivity contribution is 9.10. The first kappa shape index (κ1) is 17.4. The molecule has 0 saturated carbocycles. The van der Waals surface area contributed by atoms with Crippen LogP contribution in [0, 0.1) is 0 Å². The third-order valence-electron chi connectivity index (χ3n) is 4.02. The van der Waals surface area contributed by atoms with Crippen LogP contribution in [0.15, 0.2) is 53.0 Å². The van der Waals surface area contributed by atoms with Gasteiger partial charge in [0.25, 0.3) is 11.8 Å². The highest BCUT2D eigenvalue weighted by Crippen LogP contribution is 2.23. The normalized spacial score (nSPS) is 13.1. The van der Waals surface area contributed by atoms with E-state index < -0.39 is 0 Å². The van der Waals surface area contributed by atoms with Crippen LogP contribution in [0.4, 0.5) is 5.69 Å². The second-order valence-electron chi connectivity index (χ2n) is 5.82. The first-order valence-corrected chi connectivity index (χ1v) is 8.86. The fourth-order valence-corrected chi connectivity index (χ4v) is 3.19. The van der Waals surface area contributed by atoms with Gasteiger partial charge >= 0.3 is 0 Å². The van der Waals surface area contributed by atoms with Crippen LogP contribution in [0.3, 0.4) is 0 Å². The van der Waals surface area contributed by atoms with Crippen molar-refractivity contribution in [3.8, 4) is 0 Å². The molecule has 0 fully saturated rings. The van der Waals surface area contributed by atoms with Crippen molar-refractivity contribution in [1.29, 1.82) is 0 Å². The summed E-state index contributed by atoms with van der Waals surface area (Å²) in [6.07, 6.45) is 1.54. The van der Waals surface area contributed by atoms with Crippen molar-refractivity contribution < 1.29 is 14.4 Å². The number of anilines is 1. The SMILES string of the molecule is O=C(CCCCN1C(=O)c2ccccc2C1=O)Nc1cccc(Br)c1. The maximum atomic E-state index is 12.2. The molecular weight excluding hydrogens is 384 g/mol. The van der Waals surface area contributed by atoms with Crippen molar-refractivity contribution in [3.63, 3.8) is 0 Å². The van der Waals surface area contributed by atoms with Crippen molar-refractivity contribution in [2.75, 3.05) is 11.9 Å². The molecule has 0 atom stereocenters. The molecule has 1 aliphatic rings. The van der Waals surface area contributed by atoms with E-state index in [0.29, 0.717) is 36.9 Å². The van der Waals surface area contributed by atoms with Gasteiger partial charge in [0.15, 0.2) is 0 Å². The molecule has 128 valence electrons. The van der Waals surface area contributed by atoms with Gasteiger partial charge in [-0.05, 0) is 43.2 Å². The minimum Gasteiger partial charge on any atom is -0.326 e. The molecule has 0 aromatic heterocycles. The number of halogens is 1. The van der Waals surface area contributed by atoms with Crippen LogP contribution in [0.1, 0.15) is 40.0 Å². The molecule has 0 saturated heterocycles. The standard InChI is InChI=1S/C19H17BrN2O3/c20-13-6-5-7-14(12-13)21-17(23)10-3-4-11-22-18(24)15-8-1-2-9-16(15)19(22)25/h1-2,5-9,12H,3-4,10-11H2,(H,21,23). The van der Waals surface area contributed by atoms with E-state index in [-0.39, 0.29) is 17.7 Å². The monoisotopic (exact) mass is 400 g/mol. The molecule has 2 aromatic carbocycles. The van der Waals surface area contributed by atoms with Crippen molar-refractivity contribution in [2.45, 2.75) is 19.3 Å². The number of carbonyl (C=O) groups is 3. The van der Waals surface area contributed by atoms with Crippen LogP contribution in [0.25, 0.3) is 0 Å². The molecule has 0 spiro atoms. The predicted molar refractivity (Wildman–Crippen MR) is 98.4 cm³/mol. The maximum absolute atomic E-state index is 12.2. The molecule has 0 unspecified atom stereocenters. The Balaban J connectivity index is 1.45. The van der Waals surface area contributed by atoms with Gasteiger partial charge in [-0.1, -0.05) is 34.1 Å². The van der Waals surface area contributed by atoms with Gasteiger partial charge in [0.1, 0.15) is 0 Å². The van der Waals surface area contributed by atoms with Gasteiger partial charge in [0, 0.05) is 23.1 Å². The minimum absolute atomic E-state index is 0.0829. The molecule has 0 bridgehead atoms. The van der Waals surface area contributed by atoms with E-state index in [2.05, 4.69) is 21.2 Å². The summed E-state index contributed by atoms with van der Waals surface area (Å²) in [4.78, 5) is 37.7. The molecule has 3 amide bonds. The Morgan fingerprint density at radius 2 is 1.64 bits per heavy atom. The van der Waals surface area contributed by atoms with Crippen LogP contribution in [-0.2, 0) is 4.79 Å². The average Bonchev–Trinajstić information content (AvgIpc) is 2.84. The van der Waals surface area contributed by atoms with Gasteiger partial charge in [-0.3, -0.25) is 19.3 Å². The Bertz CT molecular complexity index is 800. The highest BCUT2D eigenvalue weighted by atomic mass is 79.9. The average molecular weight is 401 g/mol. The molecule has 25 heavy (non-hydrogen) atoms. The Hall–Kier alpha value is -2.47. The highest BCUT2D eigenvalue weighted by Gasteiger charge is 2.34. The van der Waals surface area contributed by atoms with Gasteiger partial charge in [-0.2, -0.15) is 0 Å². The summed E-state index contributed by atoms with van der Waals surface area (Å²) < 4.78 is 0.899. The number of unbranched alkanes of at least 4 members (excludes halogenated alkanes) is 1. The number of benzene rings is 2. The van der Waals surface area contributed by atoms with E-state index in [1.54, 1.807) is 24.3 Å². The molecule has 3 rings (SSSR count). The second kappa shape index (κ2) is 7.61. The van der Waals surface area contributed by atoms with Gasteiger partial charge < -0.3 is 5.32 Å². The van der Waals surface area contributed by atoms with Crippen molar-refractivity contribution >= 4 is 39.3 Å². The smallest absolute Gasteiger partial charge is 0.261 e. The molecule has 0 aliphatic carbocycles. The van der Waals surface area contributed by atoms with Crippen LogP contribution in [-0.4, -0.2) is 29.2 Å². The second-order valence-corrected chi connectivity index (χ2v) is 6.74. The molecular formula is C19H17BrN2O3. The Morgan fingerprint density at radius 1 is 0.960 bits per heavy atom. The predicted octanol–water partition coefficient (Wildman–Crippen LogP) is 3.85. The zero-order chi connectivity index (χ0) is 17.8. The van der Waals surface area contributed by atoms with Crippen LogP contribution >= 0.6 is 15.9 Å². The number of hydrogen-bond donors (Lipinski definition) is 1. The molecule has 2 aromatic rings. The largest absolute Gasteiger partial charge is 0.326 e. The van der Waals surface area contributed by atoms with Crippen molar-refractivity contribution in [3.05, 3.63) is 64.1 Å². The molecule has 1 heterocycles. The lowest BCUT2D eigenvalue weighted by atomic mass is 10.1. The number of amides is 3. The molecule has 0 radical (unpaired) electrons. The summed E-state index contributed by atoms with van der Waals surface area (Å²) >= 11 is 3.36. The van der Waals surface area contributed by atoms with E-state index in [0.717, 1.165) is 10.2 Å². The molecule has 5 nitrogen and oxygen atoms in total. The van der Waals surface area contributed by atoms with E-state index in [9.17, 15) is 14.4 Å². The van der Waals surface area contributed by atoms with Crippen LogP contribution in [0.2, 0.25) is 0 Å². The van der Waals surface area contributed by atoms with Gasteiger partial charge in [0.2, 0.25) is 5.91 Å². The summed E-state index contributed by atoms with van der Waals surface area (Å²) in [7, 11) is 0. The fraction of sp³-hybridized carbons (Fsp3) is 0.211. The number of nitrogens with one attached hydrogen (secondary N) is 1. The lowest BCUT2D eigenvalue weighted by Gasteiger charge is -2.13. The number of imide groups is 1. The van der Waals surface area contributed by atoms with Crippen LogP contribution in [0.5, 0.6) is 0 Å². The molecule has 1 aliphatic heterocycles. The third-order valence-corrected chi connectivity index (χ3v) is 4.52. The summed E-state index contributed by atoms with van der Waals surface area (Å²) in [5.41, 5.74) is 1.65. The van der Waals surface area contributed by atoms with Crippen LogP contribution < -0.4 is 5.32 Å². The number of hydrogen-bond acceptors (Lipinski definition) is 3. The summed E-state index contributed by atoms with van der Waals surface area (Å²) in [6, 6.07) is 14.2. The zero-order valence-corrected chi connectivity index (χ0v) is 15.1. The quantitative estimate of drug-likeness (QED) is 0.591. The third kappa shape index (κ3) is 3.96. The topological polar surface area (TPSA) is 66.5 Å². The Labute approximate surface area is 154 Å². The first-order valence-electron chi connectivity index (χ1n) is 8.07. The minimum atomic E-state index is -0.251. The number of carbonyl (C=O) groups excluding carboxylic acids is 3. The van der Waals surface area contributed by atoms with E-state index in [4.69, 9.17) is 0 Å². The molecule has 6 heteroatoms. The summed E-state index contributed by atoms with van der Waals surface area (Å²) in [6.45, 7) is 0.330. The molecule has 1 N–H and O–H groups in total. The van der Waals surface area contributed by atoms with E-state index in [1.807, 2.05) is 24.3 Å². The number of nitrogens with zero attached hydrogens (tertiary/aromatic N) is 1. The maximum Gasteiger partial charge on any atom is 0.261 e. The van der Waals surface area contributed by atoms with Crippen molar-refractivity contribution in [1.82, 2.24) is 4.90 Å². The van der Waals surface area contributed by atoms with E-state index >= 15 is 0 Å². The number of rotatable bonds is 6. The Kier molecular flexibility index (Phi) is 5.28. The van der Waals surface area contributed by atoms with E-state index in [1.165, 1.54) is 4.90 Å². The summed E-state index contributed by atoms with van der Waals surface area (Å²) in [5, 5.41) is 2.83. The lowest BCUT2D eigenvalue weighted by molar-refractivity contribution is -0.116. The van der Waals surface area contributed by atoms with Gasteiger partial charge in [0.05, 0.1) is 11.1 Å². The zero-order valence-electron chi connectivity index (χ0n) is 13.5. The van der Waals surface area contributed by atoms with Gasteiger partial charge in [-0.15, -0.1) is 0 Å². The van der Waals surface area contributed by atoms with Gasteiger partial charge in [-0.25, -0.2) is 0 Å². The fourth-order valence-electron chi connectivity index (χ4n) is 2.79.